The molecule has 0 aliphatic rings. The van der Waals surface area contributed by atoms with Crippen LogP contribution in [-0.2, 0) is 20.7 Å². The molecule has 122 valence electrons. The highest BCUT2D eigenvalue weighted by atomic mass is 16.5. The molecule has 1 amide bonds. The zero-order valence-corrected chi connectivity index (χ0v) is 13.4. The van der Waals surface area contributed by atoms with Crippen molar-refractivity contribution in [1.29, 1.82) is 0 Å². The lowest BCUT2D eigenvalue weighted by Crippen LogP contribution is -2.46. The van der Waals surface area contributed by atoms with Gasteiger partial charge in [-0.15, -0.1) is 0 Å². The molecule has 0 aromatic heterocycles. The summed E-state index contributed by atoms with van der Waals surface area (Å²) in [5.41, 5.74) is 1.08. The van der Waals surface area contributed by atoms with Gasteiger partial charge in [0.15, 0.2) is 0 Å². The molecule has 0 bridgehead atoms. The number of carbonyl (C=O) groups excluding carboxylic acids is 2. The van der Waals surface area contributed by atoms with E-state index in [9.17, 15) is 14.7 Å². The SMILES string of the molecule is COC(=O)[C@@H](CCc1ccccc1)NC(=O)[C@H](O)CC(C)C. The summed E-state index contributed by atoms with van der Waals surface area (Å²) < 4.78 is 4.73. The number of esters is 1. The van der Waals surface area contributed by atoms with Crippen LogP contribution in [0.2, 0.25) is 0 Å². The van der Waals surface area contributed by atoms with Crippen molar-refractivity contribution in [2.24, 2.45) is 5.92 Å². The van der Waals surface area contributed by atoms with Crippen LogP contribution in [0.25, 0.3) is 0 Å². The van der Waals surface area contributed by atoms with Crippen molar-refractivity contribution < 1.29 is 19.4 Å². The molecular weight excluding hydrogens is 282 g/mol. The number of amides is 1. The van der Waals surface area contributed by atoms with Gasteiger partial charge < -0.3 is 15.2 Å². The summed E-state index contributed by atoms with van der Waals surface area (Å²) in [6.45, 7) is 3.84. The molecule has 1 aromatic carbocycles. The molecule has 1 rings (SSSR count). The van der Waals surface area contributed by atoms with Crippen molar-refractivity contribution in [3.8, 4) is 0 Å². The number of methoxy groups -OCH3 is 1. The van der Waals surface area contributed by atoms with Crippen LogP contribution in [0.1, 0.15) is 32.3 Å². The molecule has 0 spiro atoms. The quantitative estimate of drug-likeness (QED) is 0.717. The standard InChI is InChI=1S/C17H25NO4/c1-12(2)11-15(19)16(20)18-14(17(21)22-3)10-9-13-7-5-4-6-8-13/h4-8,12,14-15,19H,9-11H2,1-3H3,(H,18,20)/t14-,15-/m1/s1. The number of aliphatic hydroxyl groups is 1. The summed E-state index contributed by atoms with van der Waals surface area (Å²) in [6.07, 6.45) is 0.319. The second-order valence-corrected chi connectivity index (χ2v) is 5.75. The summed E-state index contributed by atoms with van der Waals surface area (Å²) in [5, 5.41) is 12.4. The van der Waals surface area contributed by atoms with E-state index in [1.165, 1.54) is 7.11 Å². The number of aliphatic hydroxyl groups excluding tert-OH is 1. The third kappa shape index (κ3) is 6.26. The minimum atomic E-state index is -1.11. The number of rotatable bonds is 8. The fourth-order valence-electron chi connectivity index (χ4n) is 2.17. The Morgan fingerprint density at radius 2 is 1.86 bits per heavy atom. The Hall–Kier alpha value is -1.88. The van der Waals surface area contributed by atoms with E-state index in [1.807, 2.05) is 44.2 Å². The highest BCUT2D eigenvalue weighted by molar-refractivity contribution is 5.86. The first kappa shape index (κ1) is 18.2. The van der Waals surface area contributed by atoms with Crippen LogP contribution in [0.4, 0.5) is 0 Å². The van der Waals surface area contributed by atoms with Gasteiger partial charge in [-0.1, -0.05) is 44.2 Å². The van der Waals surface area contributed by atoms with E-state index in [1.54, 1.807) is 0 Å². The molecule has 0 aliphatic heterocycles. The van der Waals surface area contributed by atoms with Crippen molar-refractivity contribution in [2.75, 3.05) is 7.11 Å². The zero-order valence-electron chi connectivity index (χ0n) is 13.4. The number of ether oxygens (including phenoxy) is 1. The topological polar surface area (TPSA) is 75.6 Å². The Morgan fingerprint density at radius 1 is 1.23 bits per heavy atom. The van der Waals surface area contributed by atoms with Crippen LogP contribution in [0.15, 0.2) is 30.3 Å². The summed E-state index contributed by atoms with van der Waals surface area (Å²) in [7, 11) is 1.29. The summed E-state index contributed by atoms with van der Waals surface area (Å²) in [4.78, 5) is 23.7. The largest absolute Gasteiger partial charge is 0.467 e. The lowest BCUT2D eigenvalue weighted by molar-refractivity contribution is -0.146. The maximum atomic E-state index is 12.0. The van der Waals surface area contributed by atoms with E-state index in [-0.39, 0.29) is 5.92 Å². The molecule has 0 radical (unpaired) electrons. The van der Waals surface area contributed by atoms with Gasteiger partial charge in [0.05, 0.1) is 7.11 Å². The van der Waals surface area contributed by atoms with Crippen LogP contribution >= 0.6 is 0 Å². The molecule has 5 nitrogen and oxygen atoms in total. The molecule has 1 aromatic rings. The third-order valence-electron chi connectivity index (χ3n) is 3.36. The molecule has 22 heavy (non-hydrogen) atoms. The fraction of sp³-hybridized carbons (Fsp3) is 0.529. The van der Waals surface area contributed by atoms with Crippen LogP contribution in [0.3, 0.4) is 0 Å². The van der Waals surface area contributed by atoms with Crippen molar-refractivity contribution >= 4 is 11.9 Å². The Kier molecular flexibility index (Phi) is 7.60. The predicted octanol–water partition coefficient (Wildman–Crippen LogP) is 1.68. The molecule has 0 heterocycles. The molecule has 0 fully saturated rings. The summed E-state index contributed by atoms with van der Waals surface area (Å²) >= 11 is 0. The van der Waals surface area contributed by atoms with Gasteiger partial charge in [0.2, 0.25) is 5.91 Å². The van der Waals surface area contributed by atoms with Gasteiger partial charge in [0, 0.05) is 0 Å². The zero-order chi connectivity index (χ0) is 16.5. The lowest BCUT2D eigenvalue weighted by Gasteiger charge is -2.19. The van der Waals surface area contributed by atoms with E-state index in [4.69, 9.17) is 4.74 Å². The summed E-state index contributed by atoms with van der Waals surface area (Å²) in [5.74, 6) is -0.833. The average Bonchev–Trinajstić information content (AvgIpc) is 2.50. The number of benzene rings is 1. The normalized spacial score (nSPS) is 13.5. The van der Waals surface area contributed by atoms with E-state index in [0.717, 1.165) is 5.56 Å². The number of hydrogen-bond acceptors (Lipinski definition) is 4. The number of hydrogen-bond donors (Lipinski definition) is 2. The highest BCUT2D eigenvalue weighted by Gasteiger charge is 2.25. The minimum absolute atomic E-state index is 0.196. The Bertz CT molecular complexity index is 473. The van der Waals surface area contributed by atoms with E-state index >= 15 is 0 Å². The first-order chi connectivity index (χ1) is 10.4. The van der Waals surface area contributed by atoms with Crippen molar-refractivity contribution in [3.05, 3.63) is 35.9 Å². The van der Waals surface area contributed by atoms with Crippen molar-refractivity contribution in [2.45, 2.75) is 45.3 Å². The number of aryl methyl sites for hydroxylation is 1. The third-order valence-corrected chi connectivity index (χ3v) is 3.36. The summed E-state index contributed by atoms with van der Waals surface area (Å²) in [6, 6.07) is 8.94. The van der Waals surface area contributed by atoms with Crippen LogP contribution in [-0.4, -0.2) is 36.2 Å². The van der Waals surface area contributed by atoms with Crippen LogP contribution < -0.4 is 5.32 Å². The lowest BCUT2D eigenvalue weighted by atomic mass is 10.0. The van der Waals surface area contributed by atoms with Crippen molar-refractivity contribution in [1.82, 2.24) is 5.32 Å². The second kappa shape index (κ2) is 9.20. The maximum absolute atomic E-state index is 12.0. The second-order valence-electron chi connectivity index (χ2n) is 5.75. The van der Waals surface area contributed by atoms with E-state index in [0.29, 0.717) is 19.3 Å². The number of carbonyl (C=O) groups is 2. The molecule has 2 atom stereocenters. The Morgan fingerprint density at radius 3 is 2.41 bits per heavy atom. The Balaban J connectivity index is 2.61. The first-order valence-electron chi connectivity index (χ1n) is 7.54. The van der Waals surface area contributed by atoms with Gasteiger partial charge in [-0.2, -0.15) is 0 Å². The minimum Gasteiger partial charge on any atom is -0.467 e. The molecule has 0 saturated heterocycles. The van der Waals surface area contributed by atoms with Gasteiger partial charge in [0.1, 0.15) is 12.1 Å². The molecule has 5 heteroatoms. The average molecular weight is 307 g/mol. The van der Waals surface area contributed by atoms with Gasteiger partial charge >= 0.3 is 5.97 Å². The molecular formula is C17H25NO4. The van der Waals surface area contributed by atoms with Gasteiger partial charge in [-0.25, -0.2) is 4.79 Å². The van der Waals surface area contributed by atoms with Crippen molar-refractivity contribution in [3.63, 3.8) is 0 Å². The Labute approximate surface area is 131 Å². The molecule has 0 aliphatic carbocycles. The maximum Gasteiger partial charge on any atom is 0.328 e. The smallest absolute Gasteiger partial charge is 0.328 e. The monoisotopic (exact) mass is 307 g/mol. The highest BCUT2D eigenvalue weighted by Crippen LogP contribution is 2.08. The molecule has 0 saturated carbocycles. The first-order valence-corrected chi connectivity index (χ1v) is 7.54. The van der Waals surface area contributed by atoms with E-state index < -0.39 is 24.0 Å². The fourth-order valence-corrected chi connectivity index (χ4v) is 2.17. The van der Waals surface area contributed by atoms with Gasteiger partial charge in [-0.05, 0) is 30.7 Å². The van der Waals surface area contributed by atoms with Gasteiger partial charge in [-0.3, -0.25) is 4.79 Å². The van der Waals surface area contributed by atoms with Crippen LogP contribution in [0, 0.1) is 5.92 Å². The molecule has 0 unspecified atom stereocenters. The number of nitrogens with one attached hydrogen (secondary N) is 1. The van der Waals surface area contributed by atoms with Crippen LogP contribution in [0.5, 0.6) is 0 Å². The van der Waals surface area contributed by atoms with E-state index in [2.05, 4.69) is 5.32 Å². The molecule has 2 N–H and O–H groups in total. The van der Waals surface area contributed by atoms with Gasteiger partial charge in [0.25, 0.3) is 0 Å². The predicted molar refractivity (Wildman–Crippen MR) is 84.2 cm³/mol.